The Morgan fingerprint density at radius 3 is 0.756 bits per heavy atom. The number of carbonyl (C=O) groups is 1. The minimum absolute atomic E-state index is 0.252. The lowest BCUT2D eigenvalue weighted by molar-refractivity contribution is -0.150. The summed E-state index contributed by atoms with van der Waals surface area (Å²) in [5, 5.41) is 76.7. The fourth-order valence-corrected chi connectivity index (χ4v) is 29.7. The molecule has 0 radical (unpaired) electrons. The Kier molecular flexibility index (Phi) is 2.90. The highest BCUT2D eigenvalue weighted by atomic mass is 31.2. The van der Waals surface area contributed by atoms with E-state index in [1.807, 2.05) is 0 Å². The molecular weight excluding hydrogens is 968 g/mol. The van der Waals surface area contributed by atoms with Gasteiger partial charge >= 0.3 is 5.97 Å². The number of benzene rings is 19. The largest absolute Gasteiger partial charge is 0.444 e. The standard InChI is InChI=1S/C74H13O3P/c1-12(75)77-73-67-59-50-43-30-23-17-18-20-16-15-19(17)28(30)34-32-21(15)25-22(16)33-35-29(20)31-24(18)27-26(23)37-45-38(27)47-44(31)51-49(35)53-40(33)42-36(25)41-39(32)52(48(34)50)63(67)65-54(41)55(42)66-64(53)68-60(51)57(47)62-58(45)61(56(59)46(37)43)69(73)71(62)74(68,72(66)70(65)73)78(76,13-8-4-2-5-9-13)14-10-6-3-7-11-14/h2-11H,1H3. The predicted molar refractivity (Wildman–Crippen MR) is 324 cm³/mol. The number of rotatable bonds is 4. The van der Waals surface area contributed by atoms with Crippen LogP contribution < -0.4 is 10.6 Å². The van der Waals surface area contributed by atoms with Gasteiger partial charge in [0.1, 0.15) is 5.16 Å². The van der Waals surface area contributed by atoms with Gasteiger partial charge in [0.05, 0.1) is 0 Å². The summed E-state index contributed by atoms with van der Waals surface area (Å²) in [5.74, 6) is -0.252. The molecule has 29 aromatic carbocycles. The normalized spacial score (nSPS) is 20.8. The summed E-state index contributed by atoms with van der Waals surface area (Å²) in [4.78, 5) is 15.2. The summed E-state index contributed by atoms with van der Waals surface area (Å²) in [7, 11) is -3.95. The van der Waals surface area contributed by atoms with E-state index in [2.05, 4.69) is 60.7 Å². The quantitative estimate of drug-likeness (QED) is 0.100. The first-order valence-corrected chi connectivity index (χ1v) is 30.0. The highest BCUT2D eigenvalue weighted by Crippen LogP contribution is 2.88. The first-order chi connectivity index (χ1) is 38.6. The van der Waals surface area contributed by atoms with E-state index >= 15 is 9.36 Å². The lowest BCUT2D eigenvalue weighted by Crippen LogP contribution is -2.47. The van der Waals surface area contributed by atoms with E-state index < -0.39 is 17.9 Å². The molecule has 0 bridgehead atoms. The lowest BCUT2D eigenvalue weighted by atomic mass is 9.65. The molecule has 0 aliphatic heterocycles. The highest BCUT2D eigenvalue weighted by Gasteiger charge is 2.72. The molecule has 0 fully saturated rings. The number of carbonyl (C=O) groups excluding carboxylic acids is 1. The molecule has 78 heavy (non-hydrogen) atoms. The molecule has 0 N–H and O–H groups in total. The van der Waals surface area contributed by atoms with Gasteiger partial charge in [0, 0.05) is 39.6 Å². The van der Waals surface area contributed by atoms with Gasteiger partial charge in [0.25, 0.3) is 0 Å². The van der Waals surface area contributed by atoms with Crippen molar-refractivity contribution in [3.63, 3.8) is 0 Å². The Labute approximate surface area is 427 Å². The van der Waals surface area contributed by atoms with E-state index in [1.54, 1.807) is 44.6 Å². The van der Waals surface area contributed by atoms with E-state index in [4.69, 9.17) is 4.74 Å². The Balaban J connectivity index is 1.14. The minimum Gasteiger partial charge on any atom is -0.444 e. The molecule has 0 amide bonds. The first-order valence-electron chi connectivity index (χ1n) is 28.3. The number of hydrogen-bond acceptors (Lipinski definition) is 3. The fourth-order valence-electron chi connectivity index (χ4n) is 25.8. The molecule has 29 aromatic rings. The van der Waals surface area contributed by atoms with Crippen LogP contribution in [-0.4, -0.2) is 5.97 Å². The van der Waals surface area contributed by atoms with Crippen molar-refractivity contribution in [1.29, 1.82) is 0 Å². The van der Waals surface area contributed by atoms with Gasteiger partial charge in [-0.3, -0.25) is 4.79 Å². The van der Waals surface area contributed by atoms with Crippen LogP contribution in [0.4, 0.5) is 0 Å². The first kappa shape index (κ1) is 31.0. The third kappa shape index (κ3) is 1.75. The molecule has 4 heteroatoms. The van der Waals surface area contributed by atoms with Crippen LogP contribution >= 0.6 is 7.14 Å². The molecule has 0 saturated carbocycles. The van der Waals surface area contributed by atoms with Crippen LogP contribution in [0.2, 0.25) is 0 Å². The molecule has 5 aliphatic rings. The van der Waals surface area contributed by atoms with Crippen LogP contribution in [0.5, 0.6) is 0 Å². The summed E-state index contributed by atoms with van der Waals surface area (Å²) in [5.41, 5.74) is 5.98. The van der Waals surface area contributed by atoms with Crippen LogP contribution in [0, 0.1) is 0 Å². The van der Waals surface area contributed by atoms with Crippen LogP contribution in [0.15, 0.2) is 60.7 Å². The lowest BCUT2D eigenvalue weighted by Gasteiger charge is -2.50. The van der Waals surface area contributed by atoms with E-state index in [1.165, 1.54) is 265 Å². The second-order valence-electron chi connectivity index (χ2n) is 27.0. The topological polar surface area (TPSA) is 43.4 Å². The number of esters is 1. The van der Waals surface area contributed by atoms with E-state index in [-0.39, 0.29) is 5.97 Å². The van der Waals surface area contributed by atoms with E-state index in [9.17, 15) is 0 Å². The number of ether oxygens (including phenoxy) is 1. The maximum atomic E-state index is 19.6. The maximum absolute atomic E-state index is 19.6. The molecule has 3 nitrogen and oxygen atoms in total. The maximum Gasteiger partial charge on any atom is 0.304 e. The smallest absolute Gasteiger partial charge is 0.304 e. The second-order valence-corrected chi connectivity index (χ2v) is 29.9. The Morgan fingerprint density at radius 1 is 0.269 bits per heavy atom. The zero-order valence-corrected chi connectivity index (χ0v) is 40.8. The predicted octanol–water partition coefficient (Wildman–Crippen LogP) is 18.5. The molecular formula is C74H13O3P. The van der Waals surface area contributed by atoms with Gasteiger partial charge in [0.2, 0.25) is 0 Å². The monoisotopic (exact) mass is 980 g/mol. The molecule has 0 spiro atoms. The average molecular weight is 981 g/mol. The van der Waals surface area contributed by atoms with Crippen molar-refractivity contribution in [3.8, 4) is 0 Å². The zero-order chi connectivity index (χ0) is 47.5. The summed E-state index contributed by atoms with van der Waals surface area (Å²) in [6.45, 7) is 1.69. The van der Waals surface area contributed by atoms with Gasteiger partial charge in [-0.25, -0.2) is 0 Å². The van der Waals surface area contributed by atoms with Gasteiger partial charge in [0.15, 0.2) is 12.7 Å². The zero-order valence-electron chi connectivity index (χ0n) is 39.9. The van der Waals surface area contributed by atoms with Crippen molar-refractivity contribution in [2.75, 3.05) is 0 Å². The molecule has 0 saturated heterocycles. The van der Waals surface area contributed by atoms with Crippen LogP contribution in [0.1, 0.15) is 40.3 Å². The molecule has 2 atom stereocenters. The molecule has 0 heterocycles. The van der Waals surface area contributed by atoms with Crippen LogP contribution in [0.3, 0.4) is 0 Å². The molecule has 2 unspecified atom stereocenters. The van der Waals surface area contributed by atoms with Crippen molar-refractivity contribution in [2.45, 2.75) is 17.7 Å². The summed E-state index contributed by atoms with van der Waals surface area (Å²) >= 11 is 0. The molecule has 332 valence electrons. The Bertz CT molecular complexity index is 7990. The van der Waals surface area contributed by atoms with E-state index in [0.717, 1.165) is 21.7 Å². The third-order valence-electron chi connectivity index (χ3n) is 26.2. The van der Waals surface area contributed by atoms with Gasteiger partial charge in [-0.1, -0.05) is 60.7 Å². The van der Waals surface area contributed by atoms with Gasteiger partial charge in [-0.05, 0) is 291 Å². The number of hydrogen-bond donors (Lipinski definition) is 0. The van der Waals surface area contributed by atoms with Gasteiger partial charge in [-0.15, -0.1) is 0 Å². The summed E-state index contributed by atoms with van der Waals surface area (Å²) < 4.78 is 27.5. The summed E-state index contributed by atoms with van der Waals surface area (Å²) in [6, 6.07) is 21.7. The Hall–Kier alpha value is -9.40. The summed E-state index contributed by atoms with van der Waals surface area (Å²) in [6.07, 6.45) is 0. The average Bonchev–Trinajstić information content (AvgIpc) is 1.45. The molecule has 0 aromatic heterocycles. The van der Waals surface area contributed by atoms with Crippen molar-refractivity contribution < 1.29 is 14.1 Å². The van der Waals surface area contributed by atoms with Crippen LogP contribution in [0.25, 0.3) is 280 Å². The van der Waals surface area contributed by atoms with Crippen molar-refractivity contribution in [3.05, 3.63) is 94.0 Å². The second kappa shape index (κ2) is 7.30. The molecule has 5 aliphatic carbocycles. The van der Waals surface area contributed by atoms with Gasteiger partial charge < -0.3 is 9.30 Å². The van der Waals surface area contributed by atoms with E-state index in [0.29, 0.717) is 0 Å². The SMILES string of the molecule is CC(=O)OC12c3c4c5c6c7c8c9c%10c(c1c1c%11c2c2c%12c3c5c3c5c%12c%12c2c2c%11c%11c%13c1c%10c1c%10c9c9c7c7c6c3c3c5c5c%12c6c2c%11c2c(c%131)c1c%10c9c9c7c3c3c9c1c2c6c53)C48P(=O)(c1ccccc1)c1ccccc1. The fraction of sp³-hybridized carbons (Fsp3) is 0.0405. The molecule has 34 rings (SSSR count). The van der Waals surface area contributed by atoms with Crippen molar-refractivity contribution in [1.82, 2.24) is 0 Å². The third-order valence-corrected chi connectivity index (χ3v) is 29.8. The van der Waals surface area contributed by atoms with Crippen LogP contribution in [-0.2, 0) is 24.9 Å². The van der Waals surface area contributed by atoms with Crippen molar-refractivity contribution >= 4 is 304 Å². The van der Waals surface area contributed by atoms with Gasteiger partial charge in [-0.2, -0.15) is 0 Å². The minimum atomic E-state index is -3.95. The van der Waals surface area contributed by atoms with Crippen molar-refractivity contribution in [2.24, 2.45) is 0 Å². The highest BCUT2D eigenvalue weighted by molar-refractivity contribution is 7.80. The Morgan fingerprint density at radius 2 is 0.462 bits per heavy atom.